The second-order valence-corrected chi connectivity index (χ2v) is 10.8. The zero-order chi connectivity index (χ0) is 27.0. The Hall–Kier alpha value is -3.73. The first-order chi connectivity index (χ1) is 18.2. The van der Waals surface area contributed by atoms with Crippen molar-refractivity contribution in [1.82, 2.24) is 9.71 Å². The topological polar surface area (TPSA) is 97.8 Å². The Morgan fingerprint density at radius 1 is 1.03 bits per heavy atom. The Kier molecular flexibility index (Phi) is 6.95. The summed E-state index contributed by atoms with van der Waals surface area (Å²) in [5.74, 6) is -0.360. The van der Waals surface area contributed by atoms with Crippen LogP contribution in [0.5, 0.6) is 11.6 Å². The van der Waals surface area contributed by atoms with Crippen molar-refractivity contribution in [2.45, 2.75) is 17.4 Å². The molecule has 4 aromatic rings. The number of rotatable bonds is 7. The summed E-state index contributed by atoms with van der Waals surface area (Å²) >= 11 is 6.01. The van der Waals surface area contributed by atoms with Crippen molar-refractivity contribution in [1.29, 1.82) is 0 Å². The first-order valence-corrected chi connectivity index (χ1v) is 13.5. The normalized spacial score (nSPS) is 15.7. The lowest BCUT2D eigenvalue weighted by atomic mass is 10.1. The third-order valence-corrected chi connectivity index (χ3v) is 8.11. The molecule has 1 aromatic heterocycles. The van der Waals surface area contributed by atoms with Gasteiger partial charge in [-0.1, -0.05) is 29.8 Å². The number of nitrogens with one attached hydrogen (secondary N) is 1. The van der Waals surface area contributed by atoms with E-state index in [1.165, 1.54) is 49.6 Å². The van der Waals surface area contributed by atoms with E-state index in [0.29, 0.717) is 33.2 Å². The van der Waals surface area contributed by atoms with Crippen LogP contribution >= 0.6 is 11.6 Å². The molecular weight excluding hydrogens is 533 g/mol. The van der Waals surface area contributed by atoms with Gasteiger partial charge < -0.3 is 14.4 Å². The van der Waals surface area contributed by atoms with Crippen LogP contribution < -0.4 is 19.1 Å². The van der Waals surface area contributed by atoms with Crippen molar-refractivity contribution in [2.75, 3.05) is 25.7 Å². The molecule has 8 nitrogen and oxygen atoms in total. The third kappa shape index (κ3) is 4.90. The number of carbonyl (C=O) groups excluding carboxylic acids is 1. The van der Waals surface area contributed by atoms with Crippen LogP contribution in [0.1, 0.15) is 6.42 Å². The molecule has 1 saturated heterocycles. The molecule has 1 N–H and O–H groups in total. The number of anilines is 1. The van der Waals surface area contributed by atoms with Gasteiger partial charge in [0.2, 0.25) is 21.8 Å². The smallest absolute Gasteiger partial charge is 0.245 e. The molecule has 1 amide bonds. The quantitative estimate of drug-likeness (QED) is 0.352. The van der Waals surface area contributed by atoms with Gasteiger partial charge >= 0.3 is 0 Å². The maximum Gasteiger partial charge on any atom is 0.245 e. The Bertz CT molecular complexity index is 1660. The van der Waals surface area contributed by atoms with E-state index in [0.717, 1.165) is 5.39 Å². The van der Waals surface area contributed by atoms with E-state index >= 15 is 4.39 Å². The van der Waals surface area contributed by atoms with Crippen molar-refractivity contribution in [2.24, 2.45) is 0 Å². The summed E-state index contributed by atoms with van der Waals surface area (Å²) in [7, 11) is -1.04. The summed E-state index contributed by atoms with van der Waals surface area (Å²) in [6.07, 6.45) is 1.71. The molecule has 3 aromatic carbocycles. The maximum absolute atomic E-state index is 15.2. The number of sulfonamides is 1. The Morgan fingerprint density at radius 3 is 2.53 bits per heavy atom. The van der Waals surface area contributed by atoms with E-state index in [1.54, 1.807) is 36.4 Å². The van der Waals surface area contributed by atoms with Crippen LogP contribution in [0.4, 0.5) is 10.1 Å². The number of hydrogen-bond acceptors (Lipinski definition) is 6. The minimum Gasteiger partial charge on any atom is -0.496 e. The van der Waals surface area contributed by atoms with Crippen LogP contribution in [-0.2, 0) is 14.8 Å². The first-order valence-electron chi connectivity index (χ1n) is 11.6. The van der Waals surface area contributed by atoms with Gasteiger partial charge in [-0.2, -0.15) is 4.72 Å². The summed E-state index contributed by atoms with van der Waals surface area (Å²) in [5.41, 5.74) is 1.11. The molecule has 11 heteroatoms. The van der Waals surface area contributed by atoms with Crippen LogP contribution in [0.25, 0.3) is 21.9 Å². The largest absolute Gasteiger partial charge is 0.496 e. The standard InChI is InChI=1S/C27H23ClFN3O5S/c1-36-25-14-26(37-2)30-15-21(25)18-5-8-24(22(29)13-18)32-10-9-23(27(32)33)31-38(34,35)20-7-4-16-11-19(28)6-3-17(16)12-20/h3-8,11-15,23,31H,9-10H2,1-2H3/t23-/m0/s1. The lowest BCUT2D eigenvalue weighted by Gasteiger charge is -2.19. The molecule has 2 heterocycles. The zero-order valence-corrected chi connectivity index (χ0v) is 22.0. The highest BCUT2D eigenvalue weighted by molar-refractivity contribution is 7.89. The number of hydrogen-bond donors (Lipinski definition) is 1. The summed E-state index contributed by atoms with van der Waals surface area (Å²) in [6, 6.07) is 14.8. The number of nitrogens with zero attached hydrogens (tertiary/aromatic N) is 2. The van der Waals surface area contributed by atoms with Gasteiger partial charge in [-0.3, -0.25) is 4.79 Å². The minimum absolute atomic E-state index is 0.0242. The summed E-state index contributed by atoms with van der Waals surface area (Å²) in [4.78, 5) is 18.5. The van der Waals surface area contributed by atoms with Gasteiger partial charge in [0.1, 0.15) is 17.6 Å². The average molecular weight is 556 g/mol. The molecule has 1 fully saturated rings. The summed E-state index contributed by atoms with van der Waals surface area (Å²) < 4.78 is 54.3. The number of carbonyl (C=O) groups is 1. The summed E-state index contributed by atoms with van der Waals surface area (Å²) in [5, 5.41) is 2.03. The number of fused-ring (bicyclic) bond motifs is 1. The van der Waals surface area contributed by atoms with Crippen LogP contribution in [0, 0.1) is 5.82 Å². The molecule has 5 rings (SSSR count). The minimum atomic E-state index is -4.01. The van der Waals surface area contributed by atoms with Crippen LogP contribution in [0.2, 0.25) is 5.02 Å². The molecule has 1 aliphatic heterocycles. The molecule has 1 aliphatic rings. The lowest BCUT2D eigenvalue weighted by Crippen LogP contribution is -2.41. The van der Waals surface area contributed by atoms with Gasteiger partial charge in [0.25, 0.3) is 0 Å². The molecule has 0 spiro atoms. The van der Waals surface area contributed by atoms with Gasteiger partial charge in [0, 0.05) is 29.4 Å². The molecular formula is C27H23ClFN3O5S. The number of aromatic nitrogens is 1. The van der Waals surface area contributed by atoms with E-state index < -0.39 is 27.8 Å². The van der Waals surface area contributed by atoms with Gasteiger partial charge in [-0.05, 0) is 59.2 Å². The van der Waals surface area contributed by atoms with Crippen molar-refractivity contribution >= 4 is 44.0 Å². The van der Waals surface area contributed by atoms with E-state index in [9.17, 15) is 13.2 Å². The summed E-state index contributed by atoms with van der Waals surface area (Å²) in [6.45, 7) is 0.159. The lowest BCUT2D eigenvalue weighted by molar-refractivity contribution is -0.118. The number of amides is 1. The third-order valence-electron chi connectivity index (χ3n) is 6.41. The van der Waals surface area contributed by atoms with Crippen molar-refractivity contribution in [3.63, 3.8) is 0 Å². The van der Waals surface area contributed by atoms with Gasteiger partial charge in [-0.25, -0.2) is 17.8 Å². The zero-order valence-electron chi connectivity index (χ0n) is 20.4. The molecule has 196 valence electrons. The van der Waals surface area contributed by atoms with Crippen molar-refractivity contribution in [3.8, 4) is 22.8 Å². The molecule has 1 atom stereocenters. The van der Waals surface area contributed by atoms with Crippen molar-refractivity contribution in [3.05, 3.63) is 77.7 Å². The molecule has 0 saturated carbocycles. The van der Waals surface area contributed by atoms with Crippen LogP contribution in [-0.4, -0.2) is 46.1 Å². The molecule has 0 aliphatic carbocycles. The van der Waals surface area contributed by atoms with Crippen molar-refractivity contribution < 1.29 is 27.1 Å². The van der Waals surface area contributed by atoms with Crippen LogP contribution in [0.15, 0.2) is 71.8 Å². The second kappa shape index (κ2) is 10.2. The van der Waals surface area contributed by atoms with E-state index in [-0.39, 0.29) is 23.5 Å². The SMILES string of the molecule is COc1cc(OC)c(-c2ccc(N3CC[C@H](NS(=O)(=O)c4ccc5cc(Cl)ccc5c4)C3=O)c(F)c2)cn1. The second-order valence-electron chi connectivity index (χ2n) is 8.70. The fraction of sp³-hybridized carbons (Fsp3) is 0.185. The molecule has 38 heavy (non-hydrogen) atoms. The fourth-order valence-corrected chi connectivity index (χ4v) is 5.89. The van der Waals surface area contributed by atoms with Crippen LogP contribution in [0.3, 0.4) is 0 Å². The average Bonchev–Trinajstić information content (AvgIpc) is 3.26. The number of methoxy groups -OCH3 is 2. The highest BCUT2D eigenvalue weighted by atomic mass is 35.5. The predicted octanol–water partition coefficient (Wildman–Crippen LogP) is 4.80. The Labute approximate surface area is 224 Å². The van der Waals surface area contributed by atoms with E-state index in [1.807, 2.05) is 0 Å². The number of pyridine rings is 1. The van der Waals surface area contributed by atoms with Gasteiger partial charge in [0.15, 0.2) is 0 Å². The van der Waals surface area contributed by atoms with Gasteiger partial charge in [0.05, 0.1) is 24.8 Å². The first kappa shape index (κ1) is 25.9. The maximum atomic E-state index is 15.2. The van der Waals surface area contributed by atoms with E-state index in [4.69, 9.17) is 21.1 Å². The fourth-order valence-electron chi connectivity index (χ4n) is 4.46. The monoisotopic (exact) mass is 555 g/mol. The molecule has 0 radical (unpaired) electrons. The molecule has 0 bridgehead atoms. The Morgan fingerprint density at radius 2 is 1.79 bits per heavy atom. The number of ether oxygens (including phenoxy) is 2. The predicted molar refractivity (Wildman–Crippen MR) is 143 cm³/mol. The molecule has 0 unspecified atom stereocenters. The Balaban J connectivity index is 1.35. The highest BCUT2D eigenvalue weighted by Gasteiger charge is 2.37. The highest BCUT2D eigenvalue weighted by Crippen LogP contribution is 2.35. The van der Waals surface area contributed by atoms with Gasteiger partial charge in [-0.15, -0.1) is 0 Å². The number of halogens is 2. The van der Waals surface area contributed by atoms with E-state index in [2.05, 4.69) is 9.71 Å². The number of benzene rings is 3.